The van der Waals surface area contributed by atoms with E-state index in [2.05, 4.69) is 17.4 Å². The van der Waals surface area contributed by atoms with Gasteiger partial charge >= 0.3 is 0 Å². The topological polar surface area (TPSA) is 12.0 Å². The van der Waals surface area contributed by atoms with Gasteiger partial charge in [-0.05, 0) is 66.6 Å². The molecule has 0 heterocycles. The molecule has 0 spiro atoms. The third-order valence-electron chi connectivity index (χ3n) is 4.23. The van der Waals surface area contributed by atoms with Gasteiger partial charge in [0.1, 0.15) is 5.82 Å². The molecule has 1 atom stereocenters. The van der Waals surface area contributed by atoms with E-state index in [1.807, 2.05) is 32.0 Å². The minimum absolute atomic E-state index is 0.0976. The van der Waals surface area contributed by atoms with Crippen LogP contribution < -0.4 is 5.32 Å². The van der Waals surface area contributed by atoms with Crippen molar-refractivity contribution in [1.29, 1.82) is 0 Å². The van der Waals surface area contributed by atoms with Gasteiger partial charge in [0.05, 0.1) is 0 Å². The highest BCUT2D eigenvalue weighted by Gasteiger charge is 2.22. The Hall–Kier alpha value is -1.38. The summed E-state index contributed by atoms with van der Waals surface area (Å²) in [4.78, 5) is 0. The third kappa shape index (κ3) is 2.97. The molecule has 0 radical (unpaired) electrons. The highest BCUT2D eigenvalue weighted by atomic mass is 35.5. The van der Waals surface area contributed by atoms with Crippen LogP contribution >= 0.6 is 11.6 Å². The molecule has 0 bridgehead atoms. The van der Waals surface area contributed by atoms with E-state index in [1.54, 1.807) is 0 Å². The molecule has 1 aliphatic rings. The van der Waals surface area contributed by atoms with Crippen molar-refractivity contribution in [3.63, 3.8) is 0 Å². The van der Waals surface area contributed by atoms with E-state index >= 15 is 0 Å². The van der Waals surface area contributed by atoms with Crippen molar-refractivity contribution >= 4 is 11.6 Å². The van der Waals surface area contributed by atoms with E-state index in [0.717, 1.165) is 30.0 Å². The molecule has 3 heteroatoms. The zero-order valence-electron chi connectivity index (χ0n) is 12.3. The first kappa shape index (κ1) is 14.6. The summed E-state index contributed by atoms with van der Waals surface area (Å²) in [5.41, 5.74) is 5.24. The zero-order chi connectivity index (χ0) is 15.0. The molecule has 0 saturated carbocycles. The van der Waals surface area contributed by atoms with Crippen molar-refractivity contribution in [2.24, 2.45) is 0 Å². The number of benzene rings is 2. The average molecular weight is 304 g/mol. The van der Waals surface area contributed by atoms with Crippen molar-refractivity contribution < 1.29 is 4.39 Å². The Balaban J connectivity index is 1.73. The van der Waals surface area contributed by atoms with Gasteiger partial charge in [-0.3, -0.25) is 0 Å². The highest BCUT2D eigenvalue weighted by Crippen LogP contribution is 2.33. The standard InChI is InChI=1S/C18H19ClFN/c1-11-7-13(8-12(2)18(11)20)10-21-17-6-3-14-9-15(19)4-5-16(14)17/h4-5,7-9,17,21H,3,6,10H2,1-2H3. The monoisotopic (exact) mass is 303 g/mol. The molecule has 0 amide bonds. The number of nitrogens with one attached hydrogen (secondary N) is 1. The second-order valence-corrected chi connectivity index (χ2v) is 6.30. The number of rotatable bonds is 3. The van der Waals surface area contributed by atoms with Crippen LogP contribution in [0.4, 0.5) is 4.39 Å². The SMILES string of the molecule is Cc1cc(CNC2CCc3cc(Cl)ccc32)cc(C)c1F. The van der Waals surface area contributed by atoms with Gasteiger partial charge in [0, 0.05) is 17.6 Å². The summed E-state index contributed by atoms with van der Waals surface area (Å²) in [5.74, 6) is -0.0976. The molecule has 21 heavy (non-hydrogen) atoms. The maximum Gasteiger partial charge on any atom is 0.129 e. The third-order valence-corrected chi connectivity index (χ3v) is 4.47. The smallest absolute Gasteiger partial charge is 0.129 e. The fourth-order valence-corrected chi connectivity index (χ4v) is 3.37. The Morgan fingerprint density at radius 1 is 1.19 bits per heavy atom. The summed E-state index contributed by atoms with van der Waals surface area (Å²) in [6.07, 6.45) is 2.16. The molecule has 0 fully saturated rings. The molecule has 3 rings (SSSR count). The molecule has 110 valence electrons. The van der Waals surface area contributed by atoms with Crippen molar-refractivity contribution in [2.75, 3.05) is 0 Å². The normalized spacial score (nSPS) is 17.0. The van der Waals surface area contributed by atoms with Crippen LogP contribution in [0.1, 0.15) is 40.3 Å². The first-order valence-corrected chi connectivity index (χ1v) is 7.69. The number of fused-ring (bicyclic) bond motifs is 1. The predicted octanol–water partition coefficient (Wildman–Crippen LogP) is 4.87. The predicted molar refractivity (Wildman–Crippen MR) is 85.2 cm³/mol. The molecule has 2 aromatic rings. The molecule has 1 aliphatic carbocycles. The van der Waals surface area contributed by atoms with Crippen LogP contribution in [0.15, 0.2) is 30.3 Å². The molecule has 1 nitrogen and oxygen atoms in total. The fourth-order valence-electron chi connectivity index (χ4n) is 3.18. The largest absolute Gasteiger partial charge is 0.306 e. The molecular formula is C18H19ClFN. The lowest BCUT2D eigenvalue weighted by atomic mass is 10.0. The number of hydrogen-bond acceptors (Lipinski definition) is 1. The number of halogens is 2. The van der Waals surface area contributed by atoms with Crippen LogP contribution in [-0.4, -0.2) is 0 Å². The van der Waals surface area contributed by atoms with E-state index in [9.17, 15) is 4.39 Å². The number of aryl methyl sites for hydroxylation is 3. The lowest BCUT2D eigenvalue weighted by molar-refractivity contribution is 0.529. The van der Waals surface area contributed by atoms with Gasteiger partial charge in [-0.25, -0.2) is 4.39 Å². The molecule has 0 aliphatic heterocycles. The van der Waals surface area contributed by atoms with Crippen molar-refractivity contribution in [3.05, 3.63) is 69.0 Å². The van der Waals surface area contributed by atoms with Crippen LogP contribution in [0.5, 0.6) is 0 Å². The molecule has 0 saturated heterocycles. The molecule has 0 aromatic heterocycles. The van der Waals surface area contributed by atoms with Gasteiger partial charge in [0.25, 0.3) is 0 Å². The molecule has 1 unspecified atom stereocenters. The zero-order valence-corrected chi connectivity index (χ0v) is 13.1. The summed E-state index contributed by atoms with van der Waals surface area (Å²) in [7, 11) is 0. The quantitative estimate of drug-likeness (QED) is 0.852. The van der Waals surface area contributed by atoms with Gasteiger partial charge in [-0.15, -0.1) is 0 Å². The maximum atomic E-state index is 13.7. The Kier molecular flexibility index (Phi) is 4.01. The summed E-state index contributed by atoms with van der Waals surface area (Å²) in [5, 5.41) is 4.39. The van der Waals surface area contributed by atoms with Crippen LogP contribution in [0.3, 0.4) is 0 Å². The van der Waals surface area contributed by atoms with E-state index in [4.69, 9.17) is 11.6 Å². The Labute approximate surface area is 130 Å². The molecule has 2 aromatic carbocycles. The minimum Gasteiger partial charge on any atom is -0.306 e. The van der Waals surface area contributed by atoms with Crippen molar-refractivity contribution in [2.45, 2.75) is 39.3 Å². The fraction of sp³-hybridized carbons (Fsp3) is 0.333. The summed E-state index contributed by atoms with van der Waals surface area (Å²) in [6, 6.07) is 10.3. The van der Waals surface area contributed by atoms with Crippen LogP contribution in [0, 0.1) is 19.7 Å². The van der Waals surface area contributed by atoms with Gasteiger partial charge in [-0.1, -0.05) is 29.8 Å². The maximum absolute atomic E-state index is 13.7. The number of hydrogen-bond donors (Lipinski definition) is 1. The van der Waals surface area contributed by atoms with Crippen LogP contribution in [-0.2, 0) is 13.0 Å². The second-order valence-electron chi connectivity index (χ2n) is 5.86. The van der Waals surface area contributed by atoms with Crippen LogP contribution in [0.25, 0.3) is 0 Å². The Morgan fingerprint density at radius 2 is 1.90 bits per heavy atom. The highest BCUT2D eigenvalue weighted by molar-refractivity contribution is 6.30. The second kappa shape index (κ2) is 5.78. The van der Waals surface area contributed by atoms with Crippen LogP contribution in [0.2, 0.25) is 5.02 Å². The first-order valence-electron chi connectivity index (χ1n) is 7.32. The van der Waals surface area contributed by atoms with Gasteiger partial charge < -0.3 is 5.32 Å². The van der Waals surface area contributed by atoms with E-state index in [-0.39, 0.29) is 5.82 Å². The van der Waals surface area contributed by atoms with Crippen molar-refractivity contribution in [3.8, 4) is 0 Å². The lowest BCUT2D eigenvalue weighted by Crippen LogP contribution is -2.18. The van der Waals surface area contributed by atoms with Crippen molar-refractivity contribution in [1.82, 2.24) is 5.32 Å². The summed E-state index contributed by atoms with van der Waals surface area (Å²) < 4.78 is 13.7. The van der Waals surface area contributed by atoms with Gasteiger partial charge in [0.15, 0.2) is 0 Å². The van der Waals surface area contributed by atoms with E-state index in [1.165, 1.54) is 11.1 Å². The molecular weight excluding hydrogens is 285 g/mol. The Morgan fingerprint density at radius 3 is 2.62 bits per heavy atom. The Bertz CT molecular complexity index is 658. The minimum atomic E-state index is -0.0976. The van der Waals surface area contributed by atoms with E-state index in [0.29, 0.717) is 17.2 Å². The first-order chi connectivity index (χ1) is 10.0. The lowest BCUT2D eigenvalue weighted by Gasteiger charge is -2.15. The summed E-state index contributed by atoms with van der Waals surface area (Å²) >= 11 is 6.04. The average Bonchev–Trinajstić information content (AvgIpc) is 2.84. The summed E-state index contributed by atoms with van der Waals surface area (Å²) in [6.45, 7) is 4.39. The van der Waals surface area contributed by atoms with E-state index < -0.39 is 0 Å². The molecule has 1 N–H and O–H groups in total. The van der Waals surface area contributed by atoms with Gasteiger partial charge in [0.2, 0.25) is 0 Å². The van der Waals surface area contributed by atoms with Gasteiger partial charge in [-0.2, -0.15) is 0 Å².